The highest BCUT2D eigenvalue weighted by Gasteiger charge is 2.10. The van der Waals surface area contributed by atoms with Crippen LogP contribution in [-0.2, 0) is 9.84 Å². The molecule has 1 atom stereocenters. The van der Waals surface area contributed by atoms with E-state index in [-0.39, 0.29) is 5.75 Å². The first-order chi connectivity index (χ1) is 7.05. The monoisotopic (exact) mass is 235 g/mol. The molecule has 0 heterocycles. The molecule has 0 bridgehead atoms. The first kappa shape index (κ1) is 14.9. The lowest BCUT2D eigenvalue weighted by molar-refractivity contribution is 0.434. The number of sulfone groups is 1. The first-order valence-corrected chi connectivity index (χ1v) is 7.79. The summed E-state index contributed by atoms with van der Waals surface area (Å²) in [7, 11) is -2.76. The van der Waals surface area contributed by atoms with E-state index < -0.39 is 9.84 Å². The average molecular weight is 235 g/mol. The Labute approximate surface area is 94.6 Å². The average Bonchev–Trinajstić information content (AvgIpc) is 2.23. The standard InChI is InChI=1S/C11H25NO2S/c1-4-11(10-12-5-2)8-7-9-15(13,14)6-3/h11-12H,4-10H2,1-3H3. The van der Waals surface area contributed by atoms with E-state index in [0.29, 0.717) is 11.7 Å². The summed E-state index contributed by atoms with van der Waals surface area (Å²) in [5, 5.41) is 3.31. The number of hydrogen-bond donors (Lipinski definition) is 1. The Morgan fingerprint density at radius 2 is 1.87 bits per heavy atom. The Morgan fingerprint density at radius 3 is 2.33 bits per heavy atom. The molecule has 0 aromatic carbocycles. The molecule has 0 saturated heterocycles. The molecule has 0 aliphatic heterocycles. The molecule has 92 valence electrons. The molecule has 0 rings (SSSR count). The number of rotatable bonds is 9. The molecule has 1 unspecified atom stereocenters. The van der Waals surface area contributed by atoms with Crippen LogP contribution >= 0.6 is 0 Å². The Kier molecular flexibility index (Phi) is 8.06. The van der Waals surface area contributed by atoms with Gasteiger partial charge >= 0.3 is 0 Å². The third-order valence-corrected chi connectivity index (χ3v) is 4.56. The van der Waals surface area contributed by atoms with Crippen LogP contribution in [0.5, 0.6) is 0 Å². The lowest BCUT2D eigenvalue weighted by Gasteiger charge is -2.14. The first-order valence-electron chi connectivity index (χ1n) is 5.96. The van der Waals surface area contributed by atoms with Crippen molar-refractivity contribution in [1.82, 2.24) is 5.32 Å². The summed E-state index contributed by atoms with van der Waals surface area (Å²) in [4.78, 5) is 0. The third kappa shape index (κ3) is 7.79. The summed E-state index contributed by atoms with van der Waals surface area (Å²) in [5.41, 5.74) is 0. The van der Waals surface area contributed by atoms with Crippen molar-refractivity contribution in [2.75, 3.05) is 24.6 Å². The van der Waals surface area contributed by atoms with Gasteiger partial charge in [0.25, 0.3) is 0 Å². The van der Waals surface area contributed by atoms with E-state index in [1.807, 2.05) is 0 Å². The van der Waals surface area contributed by atoms with Crippen molar-refractivity contribution < 1.29 is 8.42 Å². The predicted octanol–water partition coefficient (Wildman–Crippen LogP) is 1.84. The Balaban J connectivity index is 3.72. The Bertz CT molecular complexity index is 237. The highest BCUT2D eigenvalue weighted by atomic mass is 32.2. The van der Waals surface area contributed by atoms with Crippen molar-refractivity contribution in [3.8, 4) is 0 Å². The zero-order valence-electron chi connectivity index (χ0n) is 10.3. The molecule has 0 aromatic rings. The summed E-state index contributed by atoms with van der Waals surface area (Å²) >= 11 is 0. The third-order valence-electron chi connectivity index (χ3n) is 2.77. The molecule has 4 heteroatoms. The molecule has 0 amide bonds. The van der Waals surface area contributed by atoms with Crippen molar-refractivity contribution in [2.24, 2.45) is 5.92 Å². The minimum atomic E-state index is -2.76. The summed E-state index contributed by atoms with van der Waals surface area (Å²) in [6.07, 6.45) is 2.95. The lowest BCUT2D eigenvalue weighted by Crippen LogP contribution is -2.22. The van der Waals surface area contributed by atoms with Crippen LogP contribution in [0.15, 0.2) is 0 Å². The van der Waals surface area contributed by atoms with Crippen molar-refractivity contribution in [1.29, 1.82) is 0 Å². The van der Waals surface area contributed by atoms with Gasteiger partial charge in [0.15, 0.2) is 0 Å². The lowest BCUT2D eigenvalue weighted by atomic mass is 10.0. The molecule has 3 nitrogen and oxygen atoms in total. The second-order valence-corrected chi connectivity index (χ2v) is 6.43. The van der Waals surface area contributed by atoms with Gasteiger partial charge in [-0.1, -0.05) is 27.2 Å². The van der Waals surface area contributed by atoms with E-state index in [4.69, 9.17) is 0 Å². The van der Waals surface area contributed by atoms with Gasteiger partial charge in [-0.2, -0.15) is 0 Å². The Hall–Kier alpha value is -0.0900. The summed E-state index contributed by atoms with van der Waals surface area (Å²) in [5.74, 6) is 1.25. The van der Waals surface area contributed by atoms with Crippen molar-refractivity contribution in [3.63, 3.8) is 0 Å². The van der Waals surface area contributed by atoms with Crippen LogP contribution in [0, 0.1) is 5.92 Å². The fourth-order valence-electron chi connectivity index (χ4n) is 1.54. The topological polar surface area (TPSA) is 46.2 Å². The highest BCUT2D eigenvalue weighted by Crippen LogP contribution is 2.11. The molecule has 0 fully saturated rings. The van der Waals surface area contributed by atoms with E-state index in [1.165, 1.54) is 0 Å². The van der Waals surface area contributed by atoms with Crippen LogP contribution in [0.3, 0.4) is 0 Å². The van der Waals surface area contributed by atoms with Crippen LogP contribution in [0.4, 0.5) is 0 Å². The maximum absolute atomic E-state index is 11.3. The van der Waals surface area contributed by atoms with Gasteiger partial charge in [0.1, 0.15) is 9.84 Å². The molecule has 1 N–H and O–H groups in total. The molecular weight excluding hydrogens is 210 g/mol. The van der Waals surface area contributed by atoms with Crippen LogP contribution in [0.1, 0.15) is 40.0 Å². The van der Waals surface area contributed by atoms with Crippen LogP contribution in [0.2, 0.25) is 0 Å². The van der Waals surface area contributed by atoms with Gasteiger partial charge in [-0.3, -0.25) is 0 Å². The van der Waals surface area contributed by atoms with Gasteiger partial charge in [-0.05, 0) is 31.8 Å². The van der Waals surface area contributed by atoms with Gasteiger partial charge in [-0.15, -0.1) is 0 Å². The quantitative estimate of drug-likeness (QED) is 0.663. The Morgan fingerprint density at radius 1 is 1.20 bits per heavy atom. The summed E-state index contributed by atoms with van der Waals surface area (Å²) in [6, 6.07) is 0. The largest absolute Gasteiger partial charge is 0.317 e. The minimum Gasteiger partial charge on any atom is -0.317 e. The second kappa shape index (κ2) is 8.11. The van der Waals surface area contributed by atoms with Crippen LogP contribution in [0.25, 0.3) is 0 Å². The zero-order chi connectivity index (χ0) is 11.7. The van der Waals surface area contributed by atoms with Crippen molar-refractivity contribution in [3.05, 3.63) is 0 Å². The fraction of sp³-hybridized carbons (Fsp3) is 1.00. The van der Waals surface area contributed by atoms with Gasteiger partial charge in [0.2, 0.25) is 0 Å². The molecular formula is C11H25NO2S. The summed E-state index contributed by atoms with van der Waals surface area (Å²) in [6.45, 7) is 7.97. The second-order valence-electron chi connectivity index (χ2n) is 3.96. The SMILES string of the molecule is CCNCC(CC)CCCS(=O)(=O)CC. The van der Waals surface area contributed by atoms with Gasteiger partial charge in [0.05, 0.1) is 5.75 Å². The number of hydrogen-bond acceptors (Lipinski definition) is 3. The molecule has 0 saturated carbocycles. The number of nitrogens with one attached hydrogen (secondary N) is 1. The smallest absolute Gasteiger partial charge is 0.150 e. The maximum Gasteiger partial charge on any atom is 0.150 e. The van der Waals surface area contributed by atoms with E-state index in [1.54, 1.807) is 6.92 Å². The predicted molar refractivity (Wildman–Crippen MR) is 65.9 cm³/mol. The van der Waals surface area contributed by atoms with Crippen LogP contribution in [-0.4, -0.2) is 33.0 Å². The van der Waals surface area contributed by atoms with E-state index in [2.05, 4.69) is 19.2 Å². The van der Waals surface area contributed by atoms with Gasteiger partial charge in [-0.25, -0.2) is 8.42 Å². The molecule has 0 aromatic heterocycles. The van der Waals surface area contributed by atoms with E-state index in [0.717, 1.165) is 32.4 Å². The van der Waals surface area contributed by atoms with Crippen molar-refractivity contribution in [2.45, 2.75) is 40.0 Å². The van der Waals surface area contributed by atoms with Crippen molar-refractivity contribution >= 4 is 9.84 Å². The molecule has 0 spiro atoms. The molecule has 0 radical (unpaired) electrons. The van der Waals surface area contributed by atoms with E-state index >= 15 is 0 Å². The molecule has 0 aliphatic carbocycles. The highest BCUT2D eigenvalue weighted by molar-refractivity contribution is 7.91. The van der Waals surface area contributed by atoms with Crippen LogP contribution < -0.4 is 5.32 Å². The zero-order valence-corrected chi connectivity index (χ0v) is 11.1. The van der Waals surface area contributed by atoms with Gasteiger partial charge < -0.3 is 5.32 Å². The minimum absolute atomic E-state index is 0.275. The van der Waals surface area contributed by atoms with Gasteiger partial charge in [0, 0.05) is 5.75 Å². The fourth-order valence-corrected chi connectivity index (χ4v) is 2.43. The molecule has 0 aliphatic rings. The normalized spacial score (nSPS) is 14.1. The molecule has 15 heavy (non-hydrogen) atoms. The maximum atomic E-state index is 11.3. The van der Waals surface area contributed by atoms with E-state index in [9.17, 15) is 8.42 Å². The summed E-state index contributed by atoms with van der Waals surface area (Å²) < 4.78 is 22.5.